The number of benzene rings is 1. The second-order valence-electron chi connectivity index (χ2n) is 8.51. The molecule has 2 aromatic heterocycles. The van der Waals surface area contributed by atoms with E-state index in [1.807, 2.05) is 19.1 Å². The second-order valence-corrected chi connectivity index (χ2v) is 8.94. The van der Waals surface area contributed by atoms with Crippen LogP contribution in [0, 0.1) is 11.8 Å². The normalized spacial score (nSPS) is 14.6. The Morgan fingerprint density at radius 1 is 1.26 bits per heavy atom. The Hall–Kier alpha value is -2.93. The number of H-pyrrole nitrogens is 1. The fraction of sp³-hybridized carbons (Fsp3) is 0.391. The lowest BCUT2D eigenvalue weighted by atomic mass is 10.1. The molecular weight excluding hydrogens is 414 g/mol. The van der Waals surface area contributed by atoms with Crippen LogP contribution in [0.15, 0.2) is 41.3 Å². The zero-order valence-corrected chi connectivity index (χ0v) is 18.6. The van der Waals surface area contributed by atoms with E-state index < -0.39 is 0 Å². The quantitative estimate of drug-likeness (QED) is 0.563. The fourth-order valence-electron chi connectivity index (χ4n) is 3.57. The average molecular weight is 440 g/mol. The number of halogens is 1. The van der Waals surface area contributed by atoms with Gasteiger partial charge in [-0.05, 0) is 56.0 Å². The van der Waals surface area contributed by atoms with Gasteiger partial charge in [-0.3, -0.25) is 14.5 Å². The van der Waals surface area contributed by atoms with E-state index in [4.69, 9.17) is 11.6 Å². The molecule has 1 amide bonds. The summed E-state index contributed by atoms with van der Waals surface area (Å²) < 4.78 is 0. The molecule has 4 rings (SSSR count). The van der Waals surface area contributed by atoms with Gasteiger partial charge in [0, 0.05) is 40.1 Å². The van der Waals surface area contributed by atoms with Crippen molar-refractivity contribution in [1.29, 1.82) is 0 Å². The molecule has 1 aromatic carbocycles. The molecule has 2 N–H and O–H groups in total. The first-order valence-electron chi connectivity index (χ1n) is 10.5. The zero-order valence-electron chi connectivity index (χ0n) is 17.9. The number of pyridine rings is 1. The van der Waals surface area contributed by atoms with Gasteiger partial charge in [-0.15, -0.1) is 0 Å². The molecule has 0 bridgehead atoms. The summed E-state index contributed by atoms with van der Waals surface area (Å²) in [6, 6.07) is 8.57. The molecule has 1 saturated carbocycles. The molecule has 0 spiro atoms. The fourth-order valence-corrected chi connectivity index (χ4v) is 3.75. The predicted molar refractivity (Wildman–Crippen MR) is 124 cm³/mol. The number of nitrogens with one attached hydrogen (secondary N) is 2. The predicted octanol–water partition coefficient (Wildman–Crippen LogP) is 4.54. The van der Waals surface area contributed by atoms with Gasteiger partial charge in [0.05, 0.1) is 6.04 Å². The van der Waals surface area contributed by atoms with Crippen LogP contribution in [0.5, 0.6) is 0 Å². The van der Waals surface area contributed by atoms with E-state index >= 15 is 0 Å². The third-order valence-electron chi connectivity index (χ3n) is 5.30. The number of anilines is 2. The monoisotopic (exact) mass is 439 g/mol. The highest BCUT2D eigenvalue weighted by atomic mass is 35.5. The highest BCUT2D eigenvalue weighted by Gasteiger charge is 2.34. The number of carbonyl (C=O) groups is 1. The Labute approximate surface area is 185 Å². The third-order valence-corrected chi connectivity index (χ3v) is 5.54. The van der Waals surface area contributed by atoms with Gasteiger partial charge in [-0.2, -0.15) is 4.98 Å². The summed E-state index contributed by atoms with van der Waals surface area (Å²) in [5, 5.41) is 4.65. The third kappa shape index (κ3) is 4.88. The maximum atomic E-state index is 12.8. The highest BCUT2D eigenvalue weighted by Crippen LogP contribution is 2.33. The number of fused-ring (bicyclic) bond motifs is 1. The van der Waals surface area contributed by atoms with Crippen molar-refractivity contribution < 1.29 is 4.79 Å². The van der Waals surface area contributed by atoms with Crippen LogP contribution in [-0.2, 0) is 4.79 Å². The first-order chi connectivity index (χ1) is 14.8. The number of aromatic amines is 1. The number of nitrogens with zero attached hydrogens (tertiary/aromatic N) is 3. The van der Waals surface area contributed by atoms with Crippen molar-refractivity contribution >= 4 is 40.2 Å². The summed E-state index contributed by atoms with van der Waals surface area (Å²) in [5.74, 6) is 1.49. The number of rotatable bonds is 7. The molecule has 1 atom stereocenters. The molecule has 1 aliphatic rings. The minimum Gasteiger partial charge on any atom is -0.347 e. The average Bonchev–Trinajstić information content (AvgIpc) is 3.57. The summed E-state index contributed by atoms with van der Waals surface area (Å²) >= 11 is 6.10. The minimum atomic E-state index is -0.347. The molecule has 0 saturated heterocycles. The molecule has 1 aliphatic carbocycles. The maximum absolute atomic E-state index is 12.8. The first-order valence-corrected chi connectivity index (χ1v) is 10.9. The Kier molecular flexibility index (Phi) is 5.96. The van der Waals surface area contributed by atoms with Crippen molar-refractivity contribution in [3.05, 3.63) is 57.5 Å². The number of hydrogen-bond acceptors (Lipinski definition) is 5. The number of aromatic nitrogens is 3. The Balaban J connectivity index is 1.59. The van der Waals surface area contributed by atoms with Crippen LogP contribution in [0.4, 0.5) is 11.8 Å². The van der Waals surface area contributed by atoms with E-state index in [-0.39, 0.29) is 23.4 Å². The maximum Gasteiger partial charge on any atom is 0.253 e. The van der Waals surface area contributed by atoms with Crippen LogP contribution in [-0.4, -0.2) is 27.4 Å². The summed E-state index contributed by atoms with van der Waals surface area (Å²) in [5.41, 5.74) is 1.10. The Morgan fingerprint density at radius 3 is 2.74 bits per heavy atom. The number of carbonyl (C=O) groups excluding carboxylic acids is 1. The molecule has 0 unspecified atom stereocenters. The highest BCUT2D eigenvalue weighted by molar-refractivity contribution is 6.31. The summed E-state index contributed by atoms with van der Waals surface area (Å²) in [6.07, 6.45) is 3.51. The van der Waals surface area contributed by atoms with Crippen molar-refractivity contribution in [2.75, 3.05) is 16.8 Å². The van der Waals surface area contributed by atoms with Crippen LogP contribution in [0.1, 0.15) is 45.2 Å². The lowest BCUT2D eigenvalue weighted by Crippen LogP contribution is -2.36. The van der Waals surface area contributed by atoms with Gasteiger partial charge >= 0.3 is 0 Å². The Morgan fingerprint density at radius 2 is 2.03 bits per heavy atom. The zero-order chi connectivity index (χ0) is 22.1. The molecule has 31 heavy (non-hydrogen) atoms. The van der Waals surface area contributed by atoms with Crippen LogP contribution in [0.3, 0.4) is 0 Å². The van der Waals surface area contributed by atoms with E-state index in [1.165, 1.54) is 0 Å². The lowest BCUT2D eigenvalue weighted by Gasteiger charge is -2.24. The molecule has 1 fully saturated rings. The van der Waals surface area contributed by atoms with Crippen molar-refractivity contribution in [3.63, 3.8) is 0 Å². The van der Waals surface area contributed by atoms with E-state index in [0.717, 1.165) is 23.7 Å². The van der Waals surface area contributed by atoms with E-state index in [1.54, 1.807) is 29.3 Å². The van der Waals surface area contributed by atoms with Crippen LogP contribution < -0.4 is 15.8 Å². The van der Waals surface area contributed by atoms with Crippen molar-refractivity contribution in [1.82, 2.24) is 15.0 Å². The van der Waals surface area contributed by atoms with Gasteiger partial charge in [0.2, 0.25) is 11.9 Å². The van der Waals surface area contributed by atoms with E-state index in [2.05, 4.69) is 34.1 Å². The van der Waals surface area contributed by atoms with Gasteiger partial charge in [0.15, 0.2) is 0 Å². The molecule has 8 heteroatoms. The van der Waals surface area contributed by atoms with Crippen LogP contribution in [0.2, 0.25) is 5.02 Å². The largest absolute Gasteiger partial charge is 0.347 e. The molecular formula is C23H26ClN5O2. The molecule has 3 aromatic rings. The van der Waals surface area contributed by atoms with Crippen LogP contribution >= 0.6 is 11.6 Å². The van der Waals surface area contributed by atoms with Gasteiger partial charge in [-0.1, -0.05) is 25.4 Å². The van der Waals surface area contributed by atoms with E-state index in [0.29, 0.717) is 34.8 Å². The molecule has 7 nitrogen and oxygen atoms in total. The van der Waals surface area contributed by atoms with Gasteiger partial charge in [0.25, 0.3) is 5.56 Å². The number of hydrogen-bond donors (Lipinski definition) is 2. The SMILES string of the molecule is CC(C)CN(C(=O)C1CC1)c1ccnc(N[C@@H](C)c2cc3cc(Cl)ccc3[nH]c2=O)n1. The summed E-state index contributed by atoms with van der Waals surface area (Å²) in [4.78, 5) is 38.9. The minimum absolute atomic E-state index is 0.104. The Bertz CT molecular complexity index is 1170. The second kappa shape index (κ2) is 8.67. The smallest absolute Gasteiger partial charge is 0.253 e. The van der Waals surface area contributed by atoms with Crippen molar-refractivity contribution in [2.45, 2.75) is 39.7 Å². The standard InChI is InChI=1S/C23H26ClN5O2/c1-13(2)12-29(22(31)15-4-5-15)20-8-9-25-23(28-20)26-14(3)18-11-16-10-17(24)6-7-19(16)27-21(18)30/h6-11,13-15H,4-5,12H2,1-3H3,(H,27,30)(H,25,26,28)/t14-/m0/s1. The first kappa shape index (κ1) is 21.3. The van der Waals surface area contributed by atoms with Gasteiger partial charge in [-0.25, -0.2) is 4.98 Å². The van der Waals surface area contributed by atoms with Gasteiger partial charge in [0.1, 0.15) is 5.82 Å². The lowest BCUT2D eigenvalue weighted by molar-refractivity contribution is -0.119. The molecule has 0 aliphatic heterocycles. The van der Waals surface area contributed by atoms with Crippen molar-refractivity contribution in [2.24, 2.45) is 11.8 Å². The molecule has 162 valence electrons. The molecule has 2 heterocycles. The summed E-state index contributed by atoms with van der Waals surface area (Å²) in [6.45, 7) is 6.63. The topological polar surface area (TPSA) is 91.0 Å². The van der Waals surface area contributed by atoms with Gasteiger partial charge < -0.3 is 10.3 Å². The number of amides is 1. The van der Waals surface area contributed by atoms with Crippen LogP contribution in [0.25, 0.3) is 10.9 Å². The van der Waals surface area contributed by atoms with Crippen molar-refractivity contribution in [3.8, 4) is 0 Å². The van der Waals surface area contributed by atoms with E-state index in [9.17, 15) is 9.59 Å². The molecule has 0 radical (unpaired) electrons. The summed E-state index contributed by atoms with van der Waals surface area (Å²) in [7, 11) is 0.